The van der Waals surface area contributed by atoms with Gasteiger partial charge in [-0.2, -0.15) is 0 Å². The van der Waals surface area contributed by atoms with Crippen LogP contribution in [0, 0.1) is 0 Å². The molecule has 0 saturated carbocycles. The zero-order chi connectivity index (χ0) is 21.4. The van der Waals surface area contributed by atoms with Crippen LogP contribution in [0.15, 0.2) is 42.5 Å². The van der Waals surface area contributed by atoms with Gasteiger partial charge < -0.3 is 24.3 Å². The summed E-state index contributed by atoms with van der Waals surface area (Å²) in [5.41, 5.74) is 1.02. The molecule has 1 atom stereocenters. The predicted octanol–water partition coefficient (Wildman–Crippen LogP) is 3.95. The molecule has 0 heterocycles. The molecule has 2 aromatic carbocycles. The maximum absolute atomic E-state index is 12.2. The number of amides is 1. The number of methoxy groups -OCH3 is 3. The monoisotopic (exact) mass is 419 g/mol. The Labute approximate surface area is 174 Å². The van der Waals surface area contributed by atoms with E-state index in [1.54, 1.807) is 36.4 Å². The van der Waals surface area contributed by atoms with Gasteiger partial charge in [0, 0.05) is 17.7 Å². The molecule has 0 aliphatic heterocycles. The molecule has 0 aliphatic carbocycles. The smallest absolute Gasteiger partial charge is 0.331 e. The Balaban J connectivity index is 2.05. The second-order valence-electron chi connectivity index (χ2n) is 5.83. The molecule has 7 nitrogen and oxygen atoms in total. The summed E-state index contributed by atoms with van der Waals surface area (Å²) in [7, 11) is 4.52. The third-order valence-corrected chi connectivity index (χ3v) is 4.26. The summed E-state index contributed by atoms with van der Waals surface area (Å²) < 4.78 is 20.9. The van der Waals surface area contributed by atoms with Gasteiger partial charge in [0.25, 0.3) is 5.91 Å². The summed E-state index contributed by atoms with van der Waals surface area (Å²) in [4.78, 5) is 24.3. The van der Waals surface area contributed by atoms with E-state index in [9.17, 15) is 9.59 Å². The fourth-order valence-corrected chi connectivity index (χ4v) is 2.59. The van der Waals surface area contributed by atoms with Crippen LogP contribution in [0.2, 0.25) is 5.02 Å². The molecular formula is C21H22ClNO6. The first-order valence-electron chi connectivity index (χ1n) is 8.63. The van der Waals surface area contributed by atoms with E-state index in [-0.39, 0.29) is 0 Å². The molecule has 0 saturated heterocycles. The van der Waals surface area contributed by atoms with E-state index in [4.69, 9.17) is 30.5 Å². The van der Waals surface area contributed by atoms with Gasteiger partial charge in [-0.3, -0.25) is 4.79 Å². The SMILES string of the molecule is COc1cc(OC)c(OC)cc1/C=C/C(=O)OC(C)C(=O)Nc1ccccc1Cl. The van der Waals surface area contributed by atoms with Gasteiger partial charge in [0.15, 0.2) is 17.6 Å². The van der Waals surface area contributed by atoms with Gasteiger partial charge in [0.1, 0.15) is 5.75 Å². The molecule has 0 aliphatic rings. The molecule has 0 bridgehead atoms. The second-order valence-corrected chi connectivity index (χ2v) is 6.24. The lowest BCUT2D eigenvalue weighted by Crippen LogP contribution is -2.29. The summed E-state index contributed by atoms with van der Waals surface area (Å²) in [5.74, 6) is 0.270. The summed E-state index contributed by atoms with van der Waals surface area (Å²) >= 11 is 6.01. The quantitative estimate of drug-likeness (QED) is 0.515. The van der Waals surface area contributed by atoms with Gasteiger partial charge in [-0.1, -0.05) is 23.7 Å². The topological polar surface area (TPSA) is 83.1 Å². The minimum atomic E-state index is -1.02. The van der Waals surface area contributed by atoms with Crippen molar-refractivity contribution < 1.29 is 28.5 Å². The van der Waals surface area contributed by atoms with Gasteiger partial charge in [-0.25, -0.2) is 4.79 Å². The maximum Gasteiger partial charge on any atom is 0.331 e. The number of halogens is 1. The Kier molecular flexibility index (Phi) is 7.91. The van der Waals surface area contributed by atoms with E-state index in [1.807, 2.05) is 0 Å². The number of carbonyl (C=O) groups excluding carboxylic acids is 2. The number of para-hydroxylation sites is 1. The predicted molar refractivity (Wildman–Crippen MR) is 111 cm³/mol. The largest absolute Gasteiger partial charge is 0.496 e. The lowest BCUT2D eigenvalue weighted by Gasteiger charge is -2.13. The van der Waals surface area contributed by atoms with E-state index in [0.29, 0.717) is 33.5 Å². The molecule has 29 heavy (non-hydrogen) atoms. The second kappa shape index (κ2) is 10.4. The number of benzene rings is 2. The third kappa shape index (κ3) is 5.89. The summed E-state index contributed by atoms with van der Waals surface area (Å²) in [6.45, 7) is 1.47. The molecule has 1 amide bonds. The molecule has 1 unspecified atom stereocenters. The van der Waals surface area contributed by atoms with Gasteiger partial charge in [-0.05, 0) is 31.2 Å². The number of ether oxygens (including phenoxy) is 4. The van der Waals surface area contributed by atoms with Crippen molar-refractivity contribution in [3.8, 4) is 17.2 Å². The fourth-order valence-electron chi connectivity index (χ4n) is 2.40. The van der Waals surface area contributed by atoms with Crippen LogP contribution in [0.1, 0.15) is 12.5 Å². The lowest BCUT2D eigenvalue weighted by atomic mass is 10.1. The van der Waals surface area contributed by atoms with Crippen molar-refractivity contribution in [1.29, 1.82) is 0 Å². The first-order chi connectivity index (χ1) is 13.9. The van der Waals surface area contributed by atoms with Crippen molar-refractivity contribution in [2.24, 2.45) is 0 Å². The number of nitrogens with one attached hydrogen (secondary N) is 1. The number of hydrogen-bond donors (Lipinski definition) is 1. The van der Waals surface area contributed by atoms with E-state index >= 15 is 0 Å². The maximum atomic E-state index is 12.2. The minimum Gasteiger partial charge on any atom is -0.496 e. The Morgan fingerprint density at radius 2 is 1.62 bits per heavy atom. The normalized spacial score (nSPS) is 11.6. The van der Waals surface area contributed by atoms with Gasteiger partial charge in [-0.15, -0.1) is 0 Å². The molecule has 0 fully saturated rings. The van der Waals surface area contributed by atoms with Crippen LogP contribution >= 0.6 is 11.6 Å². The Morgan fingerprint density at radius 3 is 2.24 bits per heavy atom. The van der Waals surface area contributed by atoms with Gasteiger partial charge >= 0.3 is 5.97 Å². The summed E-state index contributed by atoms with van der Waals surface area (Å²) in [6, 6.07) is 10.1. The van der Waals surface area contributed by atoms with Crippen LogP contribution in [0.4, 0.5) is 5.69 Å². The van der Waals surface area contributed by atoms with Crippen molar-refractivity contribution >= 4 is 35.2 Å². The Bertz CT molecular complexity index is 912. The van der Waals surface area contributed by atoms with E-state index in [2.05, 4.69) is 5.32 Å². The van der Waals surface area contributed by atoms with Crippen molar-refractivity contribution in [1.82, 2.24) is 0 Å². The molecule has 0 aromatic heterocycles. The van der Waals surface area contributed by atoms with E-state index < -0.39 is 18.0 Å². The number of anilines is 1. The van der Waals surface area contributed by atoms with Crippen LogP contribution in [-0.2, 0) is 14.3 Å². The molecule has 2 rings (SSSR count). The molecule has 1 N–H and O–H groups in total. The van der Waals surface area contributed by atoms with Crippen LogP contribution < -0.4 is 19.5 Å². The highest BCUT2D eigenvalue weighted by Crippen LogP contribution is 2.35. The van der Waals surface area contributed by atoms with Crippen LogP contribution in [0.5, 0.6) is 17.2 Å². The number of carbonyl (C=O) groups is 2. The zero-order valence-corrected chi connectivity index (χ0v) is 17.3. The highest BCUT2D eigenvalue weighted by Gasteiger charge is 2.18. The molecule has 0 spiro atoms. The van der Waals surface area contributed by atoms with Crippen molar-refractivity contribution in [2.75, 3.05) is 26.6 Å². The van der Waals surface area contributed by atoms with Crippen LogP contribution in [0.3, 0.4) is 0 Å². The molecule has 2 aromatic rings. The Hall–Kier alpha value is -3.19. The first kappa shape index (κ1) is 22.1. The minimum absolute atomic E-state index is 0.389. The van der Waals surface area contributed by atoms with E-state index in [0.717, 1.165) is 0 Å². The van der Waals surface area contributed by atoms with Crippen molar-refractivity contribution in [2.45, 2.75) is 13.0 Å². The molecule has 154 valence electrons. The molecule has 0 radical (unpaired) electrons. The molecule has 8 heteroatoms. The standard InChI is InChI=1S/C21H22ClNO6/c1-13(21(25)23-16-8-6-5-7-15(16)22)29-20(24)10-9-14-11-18(27-3)19(28-4)12-17(14)26-2/h5-13H,1-4H3,(H,23,25)/b10-9+. The Morgan fingerprint density at radius 1 is 1.00 bits per heavy atom. The van der Waals surface area contributed by atoms with Crippen molar-refractivity contribution in [3.05, 3.63) is 53.1 Å². The number of rotatable bonds is 8. The van der Waals surface area contributed by atoms with Crippen LogP contribution in [0.25, 0.3) is 6.08 Å². The average molecular weight is 420 g/mol. The molecular weight excluding hydrogens is 398 g/mol. The van der Waals surface area contributed by atoms with Gasteiger partial charge in [0.2, 0.25) is 0 Å². The fraction of sp³-hybridized carbons (Fsp3) is 0.238. The van der Waals surface area contributed by atoms with Gasteiger partial charge in [0.05, 0.1) is 32.0 Å². The summed E-state index contributed by atoms with van der Waals surface area (Å²) in [6.07, 6.45) is 1.68. The first-order valence-corrected chi connectivity index (χ1v) is 9.01. The third-order valence-electron chi connectivity index (χ3n) is 3.93. The lowest BCUT2D eigenvalue weighted by molar-refractivity contribution is -0.148. The highest BCUT2D eigenvalue weighted by molar-refractivity contribution is 6.33. The number of hydrogen-bond acceptors (Lipinski definition) is 6. The average Bonchev–Trinajstić information content (AvgIpc) is 2.72. The van der Waals surface area contributed by atoms with Crippen LogP contribution in [-0.4, -0.2) is 39.3 Å². The van der Waals surface area contributed by atoms with Crippen molar-refractivity contribution in [3.63, 3.8) is 0 Å². The zero-order valence-electron chi connectivity index (χ0n) is 16.5. The highest BCUT2D eigenvalue weighted by atomic mass is 35.5. The van der Waals surface area contributed by atoms with E-state index in [1.165, 1.54) is 40.4 Å². The number of esters is 1. The summed E-state index contributed by atoms with van der Waals surface area (Å²) in [5, 5.41) is 3.00.